The van der Waals surface area contributed by atoms with Crippen LogP contribution in [0.1, 0.15) is 73.1 Å². The van der Waals surface area contributed by atoms with Gasteiger partial charge < -0.3 is 0 Å². The van der Waals surface area contributed by atoms with E-state index < -0.39 is 0 Å². The molecule has 0 aromatic carbocycles. The predicted octanol–water partition coefficient (Wildman–Crippen LogP) is 5.76. The summed E-state index contributed by atoms with van der Waals surface area (Å²) in [7, 11) is 2.22. The molecule has 1 saturated heterocycles. The number of allylic oxidation sites excluding steroid dienone is 2. The Morgan fingerprint density at radius 1 is 1.38 bits per heavy atom. The molecule has 1 spiro atoms. The number of hydroxylamine groups is 2. The second-order valence-corrected chi connectivity index (χ2v) is 9.16. The standard InChI is InChI=1S/C22H37NO/c1-8-10-18(5)21-12-9-13-22(21)20(6,17(4)11-14-21)19(15-16(2)3)24-23(22)7/h8,10,17-19H,2,9,11-15H2,1,3-7H3/t17?,18-,19+,20?,21?,22+/m0/s1. The minimum Gasteiger partial charge on any atom is -0.294 e. The van der Waals surface area contributed by atoms with Crippen molar-refractivity contribution in [3.63, 3.8) is 0 Å². The molecule has 2 heteroatoms. The van der Waals surface area contributed by atoms with Crippen LogP contribution >= 0.6 is 0 Å². The summed E-state index contributed by atoms with van der Waals surface area (Å²) in [4.78, 5) is 6.60. The van der Waals surface area contributed by atoms with E-state index in [1.165, 1.54) is 37.7 Å². The van der Waals surface area contributed by atoms with Crippen LogP contribution in [0.3, 0.4) is 0 Å². The maximum absolute atomic E-state index is 6.60. The van der Waals surface area contributed by atoms with E-state index in [1.54, 1.807) is 0 Å². The summed E-state index contributed by atoms with van der Waals surface area (Å²) in [6, 6.07) is 0. The Morgan fingerprint density at radius 2 is 2.08 bits per heavy atom. The Kier molecular flexibility index (Phi) is 4.54. The third-order valence-electron chi connectivity index (χ3n) is 8.30. The summed E-state index contributed by atoms with van der Waals surface area (Å²) in [5.74, 6) is 1.29. The van der Waals surface area contributed by atoms with Crippen molar-refractivity contribution in [3.05, 3.63) is 24.3 Å². The van der Waals surface area contributed by atoms with E-state index in [0.717, 1.165) is 6.42 Å². The molecule has 136 valence electrons. The fraction of sp³-hybridized carbons (Fsp3) is 0.818. The van der Waals surface area contributed by atoms with E-state index in [2.05, 4.69) is 65.5 Å². The Bertz CT molecular complexity index is 540. The molecule has 0 aromatic heterocycles. The van der Waals surface area contributed by atoms with Crippen molar-refractivity contribution in [2.45, 2.75) is 84.8 Å². The Morgan fingerprint density at radius 3 is 2.71 bits per heavy atom. The van der Waals surface area contributed by atoms with Gasteiger partial charge >= 0.3 is 0 Å². The summed E-state index contributed by atoms with van der Waals surface area (Å²) in [5, 5.41) is 2.32. The molecule has 2 nitrogen and oxygen atoms in total. The van der Waals surface area contributed by atoms with Gasteiger partial charge in [0.25, 0.3) is 0 Å². The van der Waals surface area contributed by atoms with E-state index in [-0.39, 0.29) is 17.1 Å². The van der Waals surface area contributed by atoms with Crippen molar-refractivity contribution in [2.75, 3.05) is 7.05 Å². The largest absolute Gasteiger partial charge is 0.294 e. The van der Waals surface area contributed by atoms with Crippen molar-refractivity contribution in [3.8, 4) is 0 Å². The molecular formula is C22H37NO. The van der Waals surface area contributed by atoms with Crippen LogP contribution in [-0.4, -0.2) is 23.8 Å². The minimum absolute atomic E-state index is 0.163. The summed E-state index contributed by atoms with van der Waals surface area (Å²) < 4.78 is 0. The second kappa shape index (κ2) is 5.99. The number of hydrogen-bond donors (Lipinski definition) is 0. The zero-order valence-electron chi connectivity index (χ0n) is 16.7. The van der Waals surface area contributed by atoms with E-state index in [1.807, 2.05) is 0 Å². The van der Waals surface area contributed by atoms with Crippen LogP contribution in [0, 0.1) is 22.7 Å². The van der Waals surface area contributed by atoms with Gasteiger partial charge in [0.2, 0.25) is 0 Å². The predicted molar refractivity (Wildman–Crippen MR) is 102 cm³/mol. The monoisotopic (exact) mass is 331 g/mol. The van der Waals surface area contributed by atoms with Crippen molar-refractivity contribution in [1.82, 2.24) is 5.06 Å². The fourth-order valence-corrected chi connectivity index (χ4v) is 7.09. The van der Waals surface area contributed by atoms with E-state index >= 15 is 0 Å². The topological polar surface area (TPSA) is 12.5 Å². The molecular weight excluding hydrogens is 294 g/mol. The van der Waals surface area contributed by atoms with Crippen molar-refractivity contribution in [1.29, 1.82) is 0 Å². The maximum Gasteiger partial charge on any atom is 0.0904 e. The molecule has 2 saturated carbocycles. The molecule has 0 aromatic rings. The lowest BCUT2D eigenvalue weighted by molar-refractivity contribution is -0.206. The zero-order valence-corrected chi connectivity index (χ0v) is 16.7. The smallest absolute Gasteiger partial charge is 0.0904 e. The van der Waals surface area contributed by atoms with E-state index in [0.29, 0.717) is 17.3 Å². The molecule has 0 amide bonds. The molecule has 1 aliphatic heterocycles. The van der Waals surface area contributed by atoms with Crippen molar-refractivity contribution < 1.29 is 4.84 Å². The Labute approximate surface area is 149 Å². The third-order valence-corrected chi connectivity index (χ3v) is 8.30. The first-order chi connectivity index (χ1) is 11.3. The second-order valence-electron chi connectivity index (χ2n) is 9.16. The fourth-order valence-electron chi connectivity index (χ4n) is 7.09. The Hall–Kier alpha value is -0.600. The minimum atomic E-state index is 0.163. The number of hydrogen-bond acceptors (Lipinski definition) is 2. The highest BCUT2D eigenvalue weighted by Gasteiger charge is 2.75. The first-order valence-electron chi connectivity index (χ1n) is 9.94. The van der Waals surface area contributed by atoms with Crippen LogP contribution < -0.4 is 0 Å². The van der Waals surface area contributed by atoms with Crippen LogP contribution in [-0.2, 0) is 4.84 Å². The highest BCUT2D eigenvalue weighted by Crippen LogP contribution is 2.73. The average molecular weight is 332 g/mol. The molecule has 3 rings (SSSR count). The lowest BCUT2D eigenvalue weighted by Crippen LogP contribution is -2.67. The first-order valence-corrected chi connectivity index (χ1v) is 9.94. The van der Waals surface area contributed by atoms with Gasteiger partial charge in [-0.25, -0.2) is 0 Å². The van der Waals surface area contributed by atoms with Crippen LogP contribution in [0.25, 0.3) is 0 Å². The van der Waals surface area contributed by atoms with Crippen LogP contribution in [0.4, 0.5) is 0 Å². The van der Waals surface area contributed by atoms with Gasteiger partial charge in [0.05, 0.1) is 11.6 Å². The van der Waals surface area contributed by atoms with Crippen LogP contribution in [0.2, 0.25) is 0 Å². The average Bonchev–Trinajstić information content (AvgIpc) is 3.01. The number of rotatable bonds is 4. The molecule has 2 aliphatic carbocycles. The highest BCUT2D eigenvalue weighted by molar-refractivity contribution is 5.26. The molecule has 24 heavy (non-hydrogen) atoms. The van der Waals surface area contributed by atoms with Gasteiger partial charge in [-0.05, 0) is 63.2 Å². The van der Waals surface area contributed by atoms with Crippen LogP contribution in [0.5, 0.6) is 0 Å². The summed E-state index contributed by atoms with van der Waals surface area (Å²) in [6.45, 7) is 16.0. The first kappa shape index (κ1) is 18.2. The van der Waals surface area contributed by atoms with E-state index in [9.17, 15) is 0 Å². The van der Waals surface area contributed by atoms with Crippen molar-refractivity contribution >= 4 is 0 Å². The lowest BCUT2D eigenvalue weighted by Gasteiger charge is -2.62. The quantitative estimate of drug-likeness (QED) is 0.608. The zero-order chi connectivity index (χ0) is 17.8. The maximum atomic E-state index is 6.60. The number of nitrogens with zero attached hydrogens (tertiary/aromatic N) is 1. The lowest BCUT2D eigenvalue weighted by atomic mass is 9.44. The van der Waals surface area contributed by atoms with Crippen LogP contribution in [0.15, 0.2) is 24.3 Å². The van der Waals surface area contributed by atoms with E-state index in [4.69, 9.17) is 4.84 Å². The van der Waals surface area contributed by atoms with Gasteiger partial charge in [-0.3, -0.25) is 4.84 Å². The van der Waals surface area contributed by atoms with Gasteiger partial charge in [-0.2, -0.15) is 5.06 Å². The van der Waals surface area contributed by atoms with Gasteiger partial charge in [0.1, 0.15) is 0 Å². The summed E-state index contributed by atoms with van der Waals surface area (Å²) in [5.41, 5.74) is 1.95. The molecule has 3 aliphatic rings. The van der Waals surface area contributed by atoms with Gasteiger partial charge in [-0.15, -0.1) is 6.58 Å². The normalized spacial score (nSPS) is 46.9. The summed E-state index contributed by atoms with van der Waals surface area (Å²) >= 11 is 0. The molecule has 0 bridgehead atoms. The third kappa shape index (κ3) is 2.02. The molecule has 3 fully saturated rings. The van der Waals surface area contributed by atoms with Crippen molar-refractivity contribution in [2.24, 2.45) is 22.7 Å². The Balaban J connectivity index is 2.15. The molecule has 6 atom stereocenters. The van der Waals surface area contributed by atoms with Gasteiger partial charge in [0, 0.05) is 12.5 Å². The SMILES string of the molecule is C=C(C)C[C@H]1ON(C)[C@@]23CCCC2([C@@H](C)C=CC)CCC(C)C13C. The molecule has 0 radical (unpaired) electrons. The molecule has 0 N–H and O–H groups in total. The highest BCUT2D eigenvalue weighted by atomic mass is 16.7. The molecule has 1 heterocycles. The molecule has 3 unspecified atom stereocenters. The summed E-state index contributed by atoms with van der Waals surface area (Å²) in [6.07, 6.45) is 12.6. The van der Waals surface area contributed by atoms with Gasteiger partial charge in [-0.1, -0.05) is 44.9 Å². The van der Waals surface area contributed by atoms with Gasteiger partial charge in [0.15, 0.2) is 0 Å².